The maximum atomic E-state index is 13.1. The molecule has 114 valence electrons. The van der Waals surface area contributed by atoms with Crippen LogP contribution in [0.2, 0.25) is 0 Å². The van der Waals surface area contributed by atoms with E-state index in [4.69, 9.17) is 4.74 Å². The normalized spacial score (nSPS) is 16.6. The van der Waals surface area contributed by atoms with E-state index < -0.39 is 0 Å². The van der Waals surface area contributed by atoms with Crippen molar-refractivity contribution in [1.29, 1.82) is 0 Å². The van der Waals surface area contributed by atoms with Gasteiger partial charge in [0.15, 0.2) is 0 Å². The van der Waals surface area contributed by atoms with Crippen LogP contribution in [0.4, 0.5) is 4.39 Å². The van der Waals surface area contributed by atoms with Gasteiger partial charge in [0, 0.05) is 20.9 Å². The number of nitrogens with one attached hydrogen (secondary N) is 1. The lowest BCUT2D eigenvalue weighted by Crippen LogP contribution is -2.32. The molecular formula is C16H12Br2FNO2. The lowest BCUT2D eigenvalue weighted by molar-refractivity contribution is 0.0924. The van der Waals surface area contributed by atoms with Crippen LogP contribution >= 0.6 is 31.9 Å². The lowest BCUT2D eigenvalue weighted by atomic mass is 10.00. The minimum atomic E-state index is -0.385. The van der Waals surface area contributed by atoms with Gasteiger partial charge in [-0.15, -0.1) is 0 Å². The van der Waals surface area contributed by atoms with Crippen LogP contribution in [0.3, 0.4) is 0 Å². The average molecular weight is 429 g/mol. The van der Waals surface area contributed by atoms with Gasteiger partial charge in [-0.1, -0.05) is 15.9 Å². The molecule has 1 unspecified atom stereocenters. The first-order chi connectivity index (χ1) is 10.5. The van der Waals surface area contributed by atoms with E-state index >= 15 is 0 Å². The Morgan fingerprint density at radius 1 is 1.23 bits per heavy atom. The van der Waals surface area contributed by atoms with E-state index in [2.05, 4.69) is 37.2 Å². The lowest BCUT2D eigenvalue weighted by Gasteiger charge is -2.27. The van der Waals surface area contributed by atoms with E-state index in [-0.39, 0.29) is 17.8 Å². The highest BCUT2D eigenvalue weighted by Crippen LogP contribution is 2.34. The third-order valence-corrected chi connectivity index (χ3v) is 4.64. The highest BCUT2D eigenvalue weighted by Gasteiger charge is 2.24. The van der Waals surface area contributed by atoms with Crippen molar-refractivity contribution in [3.63, 3.8) is 0 Å². The maximum absolute atomic E-state index is 13.1. The number of benzene rings is 2. The standard InChI is InChI=1S/C16H12Br2FNO2/c17-9-1-4-15-12(7-9)14(5-6-22-15)20-16(21)11-3-2-10(19)8-13(11)18/h1-4,7-8,14H,5-6H2,(H,20,21). The number of ether oxygens (including phenoxy) is 1. The fourth-order valence-corrected chi connectivity index (χ4v) is 3.33. The highest BCUT2D eigenvalue weighted by atomic mass is 79.9. The molecule has 3 nitrogen and oxygen atoms in total. The molecule has 0 radical (unpaired) electrons. The molecule has 1 N–H and O–H groups in total. The molecule has 0 bridgehead atoms. The molecular weight excluding hydrogens is 417 g/mol. The molecule has 1 atom stereocenters. The van der Waals surface area contributed by atoms with Crippen LogP contribution in [0.15, 0.2) is 45.3 Å². The zero-order chi connectivity index (χ0) is 15.7. The molecule has 6 heteroatoms. The number of carbonyl (C=O) groups excluding carboxylic acids is 1. The van der Waals surface area contributed by atoms with Crippen LogP contribution in [-0.2, 0) is 0 Å². The minimum absolute atomic E-state index is 0.134. The van der Waals surface area contributed by atoms with Crippen LogP contribution in [-0.4, -0.2) is 12.5 Å². The summed E-state index contributed by atoms with van der Waals surface area (Å²) < 4.78 is 20.1. The molecule has 1 aliphatic heterocycles. The Morgan fingerprint density at radius 3 is 2.82 bits per heavy atom. The zero-order valence-corrected chi connectivity index (χ0v) is 14.6. The Labute approximate surface area is 144 Å². The number of carbonyl (C=O) groups is 1. The summed E-state index contributed by atoms with van der Waals surface area (Å²) in [6.45, 7) is 0.546. The van der Waals surface area contributed by atoms with E-state index in [0.29, 0.717) is 23.1 Å². The molecule has 0 saturated heterocycles. The van der Waals surface area contributed by atoms with E-state index in [9.17, 15) is 9.18 Å². The summed E-state index contributed by atoms with van der Waals surface area (Å²) in [5, 5.41) is 2.99. The van der Waals surface area contributed by atoms with Gasteiger partial charge in [0.05, 0.1) is 18.2 Å². The van der Waals surface area contributed by atoms with Gasteiger partial charge in [0.1, 0.15) is 11.6 Å². The number of fused-ring (bicyclic) bond motifs is 1. The maximum Gasteiger partial charge on any atom is 0.252 e. The molecule has 2 aromatic rings. The van der Waals surface area contributed by atoms with Crippen LogP contribution in [0.5, 0.6) is 5.75 Å². The Bertz CT molecular complexity index is 736. The topological polar surface area (TPSA) is 38.3 Å². The molecule has 3 rings (SSSR count). The summed E-state index contributed by atoms with van der Waals surface area (Å²) in [5.41, 5.74) is 1.34. The molecule has 1 amide bonds. The Balaban J connectivity index is 1.85. The molecule has 2 aromatic carbocycles. The fraction of sp³-hybridized carbons (Fsp3) is 0.188. The van der Waals surface area contributed by atoms with Gasteiger partial charge in [0.2, 0.25) is 0 Å². The molecule has 1 heterocycles. The first-order valence-electron chi connectivity index (χ1n) is 6.73. The van der Waals surface area contributed by atoms with E-state index in [1.807, 2.05) is 18.2 Å². The van der Waals surface area contributed by atoms with Crippen molar-refractivity contribution in [2.24, 2.45) is 0 Å². The molecule has 22 heavy (non-hydrogen) atoms. The molecule has 0 aliphatic carbocycles. The first kappa shape index (κ1) is 15.5. The van der Waals surface area contributed by atoms with Crippen LogP contribution in [0.1, 0.15) is 28.4 Å². The van der Waals surface area contributed by atoms with Crippen molar-refractivity contribution < 1.29 is 13.9 Å². The second-order valence-electron chi connectivity index (χ2n) is 4.97. The van der Waals surface area contributed by atoms with Crippen molar-refractivity contribution in [2.75, 3.05) is 6.61 Å². The van der Waals surface area contributed by atoms with Gasteiger partial charge in [0.25, 0.3) is 5.91 Å². The van der Waals surface area contributed by atoms with Crippen LogP contribution < -0.4 is 10.1 Å². The summed E-state index contributed by atoms with van der Waals surface area (Å²) >= 11 is 6.65. The number of rotatable bonds is 2. The largest absolute Gasteiger partial charge is 0.493 e. The average Bonchev–Trinajstić information content (AvgIpc) is 2.47. The van der Waals surface area contributed by atoms with Gasteiger partial charge in [-0.3, -0.25) is 4.79 Å². The molecule has 0 spiro atoms. The number of hydrogen-bond donors (Lipinski definition) is 1. The predicted molar refractivity (Wildman–Crippen MR) is 88.6 cm³/mol. The molecule has 0 aromatic heterocycles. The summed E-state index contributed by atoms with van der Waals surface area (Å²) in [5.74, 6) is 0.145. The monoisotopic (exact) mass is 427 g/mol. The van der Waals surface area contributed by atoms with E-state index in [0.717, 1.165) is 15.8 Å². The highest BCUT2D eigenvalue weighted by molar-refractivity contribution is 9.10. The molecule has 0 fully saturated rings. The van der Waals surface area contributed by atoms with Crippen molar-refractivity contribution in [3.8, 4) is 5.75 Å². The van der Waals surface area contributed by atoms with Crippen molar-refractivity contribution >= 4 is 37.8 Å². The Kier molecular flexibility index (Phi) is 4.49. The van der Waals surface area contributed by atoms with Crippen molar-refractivity contribution in [1.82, 2.24) is 5.32 Å². The van der Waals surface area contributed by atoms with E-state index in [1.54, 1.807) is 0 Å². The Morgan fingerprint density at radius 2 is 2.05 bits per heavy atom. The second kappa shape index (κ2) is 6.38. The Hall–Kier alpha value is -1.40. The summed E-state index contributed by atoms with van der Waals surface area (Å²) in [6, 6.07) is 9.61. The SMILES string of the molecule is O=C(NC1CCOc2ccc(Br)cc21)c1ccc(F)cc1Br. The third kappa shape index (κ3) is 3.17. The number of hydrogen-bond acceptors (Lipinski definition) is 2. The minimum Gasteiger partial charge on any atom is -0.493 e. The van der Waals surface area contributed by atoms with E-state index in [1.165, 1.54) is 18.2 Å². The number of amides is 1. The predicted octanol–water partition coefficient (Wildman–Crippen LogP) is 4.60. The van der Waals surface area contributed by atoms with Gasteiger partial charge in [-0.25, -0.2) is 4.39 Å². The fourth-order valence-electron chi connectivity index (χ4n) is 2.42. The third-order valence-electron chi connectivity index (χ3n) is 3.49. The van der Waals surface area contributed by atoms with Crippen molar-refractivity contribution in [2.45, 2.75) is 12.5 Å². The second-order valence-corrected chi connectivity index (χ2v) is 6.74. The van der Waals surface area contributed by atoms with Gasteiger partial charge >= 0.3 is 0 Å². The summed E-state index contributed by atoms with van der Waals surface area (Å²) in [4.78, 5) is 12.4. The number of halogens is 3. The van der Waals surface area contributed by atoms with Gasteiger partial charge < -0.3 is 10.1 Å². The zero-order valence-electron chi connectivity index (χ0n) is 11.4. The quantitative estimate of drug-likeness (QED) is 0.758. The molecule has 1 aliphatic rings. The van der Waals surface area contributed by atoms with Crippen LogP contribution in [0.25, 0.3) is 0 Å². The first-order valence-corrected chi connectivity index (χ1v) is 8.31. The smallest absolute Gasteiger partial charge is 0.252 e. The van der Waals surface area contributed by atoms with Gasteiger partial charge in [-0.2, -0.15) is 0 Å². The van der Waals surface area contributed by atoms with Crippen molar-refractivity contribution in [3.05, 3.63) is 62.3 Å². The van der Waals surface area contributed by atoms with Crippen LogP contribution in [0, 0.1) is 5.82 Å². The molecule has 0 saturated carbocycles. The summed E-state index contributed by atoms with van der Waals surface area (Å²) in [6.07, 6.45) is 0.688. The summed E-state index contributed by atoms with van der Waals surface area (Å²) in [7, 11) is 0. The van der Waals surface area contributed by atoms with Gasteiger partial charge in [-0.05, 0) is 52.3 Å².